The molecule has 0 amide bonds. The van der Waals surface area contributed by atoms with Gasteiger partial charge in [0.1, 0.15) is 42.7 Å². The van der Waals surface area contributed by atoms with E-state index >= 15 is 0 Å². The molecule has 2 spiro atoms. The normalized spacial score (nSPS) is 58.7. The lowest BCUT2D eigenvalue weighted by Crippen LogP contribution is -2.65. The zero-order valence-corrected chi connectivity index (χ0v) is 33.6. The summed E-state index contributed by atoms with van der Waals surface area (Å²) in [7, 11) is 0. The van der Waals surface area contributed by atoms with Gasteiger partial charge >= 0.3 is 0 Å². The molecule has 8 aliphatic rings. The third-order valence-electron chi connectivity index (χ3n) is 17.6. The van der Waals surface area contributed by atoms with E-state index in [1.807, 2.05) is 0 Å². The van der Waals surface area contributed by atoms with Crippen LogP contribution in [-0.2, 0) is 23.7 Å². The highest BCUT2D eigenvalue weighted by molar-refractivity contribution is 5.33. The topological polar surface area (TPSA) is 228 Å². The van der Waals surface area contributed by atoms with Gasteiger partial charge < -0.3 is 69.6 Å². The number of aliphatic hydroxyl groups excluding tert-OH is 8. The maximum absolute atomic E-state index is 12.2. The van der Waals surface area contributed by atoms with Gasteiger partial charge in [-0.3, -0.25) is 0 Å². The van der Waals surface area contributed by atoms with Crippen LogP contribution < -0.4 is 0 Å². The van der Waals surface area contributed by atoms with Crippen LogP contribution in [0.5, 0.6) is 0 Å². The van der Waals surface area contributed by atoms with Crippen LogP contribution in [0, 0.1) is 44.8 Å². The van der Waals surface area contributed by atoms with Crippen molar-refractivity contribution >= 4 is 0 Å². The van der Waals surface area contributed by atoms with Crippen molar-refractivity contribution in [2.24, 2.45) is 44.8 Å². The summed E-state index contributed by atoms with van der Waals surface area (Å²) in [5.74, 6) is -0.215. The van der Waals surface area contributed by atoms with Crippen LogP contribution in [-0.4, -0.2) is 150 Å². The molecule has 0 radical (unpaired) electrons. The molecule has 55 heavy (non-hydrogen) atoms. The van der Waals surface area contributed by atoms with Gasteiger partial charge in [0, 0.05) is 5.92 Å². The monoisotopic (exact) mass is 784 g/mol. The highest BCUT2D eigenvalue weighted by atomic mass is 16.7. The first-order valence-electron chi connectivity index (χ1n) is 20.9. The summed E-state index contributed by atoms with van der Waals surface area (Å²) >= 11 is 0. The summed E-state index contributed by atoms with van der Waals surface area (Å²) < 4.78 is 31.9. The molecular weight excluding hydrogens is 716 g/mol. The van der Waals surface area contributed by atoms with E-state index in [1.54, 1.807) is 13.8 Å². The first-order valence-corrected chi connectivity index (χ1v) is 20.9. The zero-order valence-electron chi connectivity index (χ0n) is 33.6. The van der Waals surface area contributed by atoms with Crippen molar-refractivity contribution in [2.75, 3.05) is 13.2 Å². The van der Waals surface area contributed by atoms with Gasteiger partial charge in [0.15, 0.2) is 12.6 Å². The number of fused-ring (bicyclic) bond motifs is 2. The average Bonchev–Trinajstić information content (AvgIpc) is 3.47. The zero-order chi connectivity index (χ0) is 40.1. The van der Waals surface area contributed by atoms with Crippen LogP contribution in [0.3, 0.4) is 0 Å². The Morgan fingerprint density at radius 2 is 1.40 bits per heavy atom. The SMILES string of the molecule is CC(C)(O)[C@@H]1CC[C@](C)([C@H]2[C@@H](O)C[C@@]3(C)[C@@H]4C[C@H](O[C@H]5O[C@@H](CO)[C@H](O)[C@@H](O)[C@@H]5O)[C@@H]5C(C)(C)[C@@H](O[C@@H]6OC[C@@H](O)[C@H](O)[C@H]6O)CC[C@@]56C[C@@]46CC[C@]23C)O1. The van der Waals surface area contributed by atoms with Gasteiger partial charge in [-0.2, -0.15) is 0 Å². The first kappa shape index (κ1) is 41.2. The van der Waals surface area contributed by atoms with E-state index in [-0.39, 0.29) is 52.1 Å². The van der Waals surface area contributed by atoms with Crippen molar-refractivity contribution < 1.29 is 69.6 Å². The summed E-state index contributed by atoms with van der Waals surface area (Å²) in [6.45, 7) is 13.8. The van der Waals surface area contributed by atoms with E-state index in [9.17, 15) is 46.0 Å². The summed E-state index contributed by atoms with van der Waals surface area (Å²) in [6.07, 6.45) is -7.48. The van der Waals surface area contributed by atoms with Gasteiger partial charge in [0.25, 0.3) is 0 Å². The Morgan fingerprint density at radius 1 is 0.709 bits per heavy atom. The molecule has 0 aromatic heterocycles. The van der Waals surface area contributed by atoms with Crippen molar-refractivity contribution in [2.45, 2.75) is 197 Å². The van der Waals surface area contributed by atoms with E-state index in [4.69, 9.17) is 23.7 Å². The van der Waals surface area contributed by atoms with Crippen LogP contribution in [0.4, 0.5) is 0 Å². The average molecular weight is 785 g/mol. The quantitative estimate of drug-likeness (QED) is 0.162. The second-order valence-corrected chi connectivity index (χ2v) is 21.1. The Morgan fingerprint density at radius 3 is 2.05 bits per heavy atom. The molecule has 14 nitrogen and oxygen atoms in total. The maximum Gasteiger partial charge on any atom is 0.186 e. The van der Waals surface area contributed by atoms with Crippen LogP contribution in [0.25, 0.3) is 0 Å². The minimum atomic E-state index is -1.60. The summed E-state index contributed by atoms with van der Waals surface area (Å²) in [5, 5.41) is 97.2. The van der Waals surface area contributed by atoms with Crippen LogP contribution in [0.2, 0.25) is 0 Å². The number of hydrogen-bond acceptors (Lipinski definition) is 14. The molecule has 5 saturated carbocycles. The molecule has 8 fully saturated rings. The van der Waals surface area contributed by atoms with E-state index in [0.717, 1.165) is 32.1 Å². The van der Waals surface area contributed by atoms with E-state index < -0.39 is 96.8 Å². The molecule has 0 aromatic carbocycles. The second-order valence-electron chi connectivity index (χ2n) is 21.1. The molecule has 0 bridgehead atoms. The molecule has 8 rings (SSSR count). The van der Waals surface area contributed by atoms with Gasteiger partial charge in [0.2, 0.25) is 0 Å². The third kappa shape index (κ3) is 5.70. The second kappa shape index (κ2) is 13.2. The molecule has 14 heteroatoms. The lowest BCUT2D eigenvalue weighted by atomic mass is 9.41. The number of aliphatic hydroxyl groups is 9. The first-order chi connectivity index (χ1) is 25.5. The Balaban J connectivity index is 1.15. The summed E-state index contributed by atoms with van der Waals surface area (Å²) in [5.41, 5.74) is -3.16. The Bertz CT molecular complexity index is 1460. The highest BCUT2D eigenvalue weighted by Gasteiger charge is 2.85. The third-order valence-corrected chi connectivity index (χ3v) is 17.6. The smallest absolute Gasteiger partial charge is 0.186 e. The highest BCUT2D eigenvalue weighted by Crippen LogP contribution is 2.89. The number of rotatable bonds is 7. The standard InChI is InChI=1S/C41H68O14/c1-35(2)24(54-33-29(48)26(45)20(44)17-51-33)9-11-41-18-40(41)13-12-37(5)31(39(7)10-8-25(55-39)36(3,4)50)19(43)15-38(37,6)23(40)14-21(32(35)41)52-34-30(49)28(47)27(46)22(16-42)53-34/h19-34,42-50H,8-18H2,1-7H3/t19-,20+,21-,22-,23-,24-,25-,26-,27-,28+,29+,30-,31-,32+,33-,34-,37+,38-,39+,40-,41+/m0/s1. The molecule has 3 saturated heterocycles. The van der Waals surface area contributed by atoms with Crippen LogP contribution >= 0.6 is 0 Å². The molecule has 0 unspecified atom stereocenters. The van der Waals surface area contributed by atoms with Crippen molar-refractivity contribution in [3.8, 4) is 0 Å². The molecule has 9 N–H and O–H groups in total. The van der Waals surface area contributed by atoms with Crippen molar-refractivity contribution in [3.63, 3.8) is 0 Å². The lowest BCUT2D eigenvalue weighted by Gasteiger charge is -2.65. The number of hydrogen-bond donors (Lipinski definition) is 9. The van der Waals surface area contributed by atoms with Gasteiger partial charge in [-0.15, -0.1) is 0 Å². The van der Waals surface area contributed by atoms with Crippen molar-refractivity contribution in [1.82, 2.24) is 0 Å². The van der Waals surface area contributed by atoms with Crippen molar-refractivity contribution in [3.05, 3.63) is 0 Å². The van der Waals surface area contributed by atoms with Gasteiger partial charge in [0.05, 0.1) is 48.8 Å². The molecule has 3 aliphatic heterocycles. The number of ether oxygens (including phenoxy) is 5. The fourth-order valence-electron chi connectivity index (χ4n) is 14.9. The minimum Gasteiger partial charge on any atom is -0.394 e. The predicted octanol–water partition coefficient (Wildman–Crippen LogP) is 0.724. The fraction of sp³-hybridized carbons (Fsp3) is 1.00. The predicted molar refractivity (Wildman–Crippen MR) is 194 cm³/mol. The molecule has 3 heterocycles. The fourth-order valence-corrected chi connectivity index (χ4v) is 14.9. The molecule has 5 aliphatic carbocycles. The Kier molecular flexibility index (Phi) is 9.90. The van der Waals surface area contributed by atoms with E-state index in [0.29, 0.717) is 25.7 Å². The summed E-state index contributed by atoms with van der Waals surface area (Å²) in [4.78, 5) is 0. The largest absolute Gasteiger partial charge is 0.394 e. The molecule has 0 aromatic rings. The summed E-state index contributed by atoms with van der Waals surface area (Å²) in [6, 6.07) is 0. The Labute approximate surface area is 324 Å². The molecule has 316 valence electrons. The van der Waals surface area contributed by atoms with Gasteiger partial charge in [-0.1, -0.05) is 27.7 Å². The molecule has 21 atom stereocenters. The minimum absolute atomic E-state index is 0.0633. The van der Waals surface area contributed by atoms with Crippen LogP contribution in [0.15, 0.2) is 0 Å². The van der Waals surface area contributed by atoms with Crippen molar-refractivity contribution in [1.29, 1.82) is 0 Å². The van der Waals surface area contributed by atoms with Crippen LogP contribution in [0.1, 0.15) is 106 Å². The lowest BCUT2D eigenvalue weighted by molar-refractivity contribution is -0.339. The maximum atomic E-state index is 12.2. The Hall–Kier alpha value is -0.560. The van der Waals surface area contributed by atoms with Gasteiger partial charge in [-0.05, 0) is 117 Å². The molecular formula is C41H68O14. The van der Waals surface area contributed by atoms with E-state index in [1.165, 1.54) is 0 Å². The van der Waals surface area contributed by atoms with E-state index in [2.05, 4.69) is 34.6 Å². The van der Waals surface area contributed by atoms with Gasteiger partial charge in [-0.25, -0.2) is 0 Å².